The largest absolute Gasteiger partial charge is 0.480 e. The fraction of sp³-hybridized carbons (Fsp3) is 0.651. The van der Waals surface area contributed by atoms with Crippen LogP contribution in [0.5, 0.6) is 0 Å². The number of amides is 10. The summed E-state index contributed by atoms with van der Waals surface area (Å²) in [5.41, 5.74) is 6.32. The number of nitrogens with one attached hydrogen (secondary N) is 6. The second-order valence-electron chi connectivity index (χ2n) is 28.7. The molecule has 2 aromatic carbocycles. The second kappa shape index (κ2) is 65.9. The smallest absolute Gasteiger partial charge is 0.327 e. The molecule has 0 bridgehead atoms. The van der Waals surface area contributed by atoms with Crippen molar-refractivity contribution in [3.8, 4) is 11.1 Å². The number of carboxylic acids is 1. The molecule has 38 nitrogen and oxygen atoms in total. The van der Waals surface area contributed by atoms with E-state index in [1.54, 1.807) is 24.3 Å². The van der Waals surface area contributed by atoms with Gasteiger partial charge in [-0.3, -0.25) is 52.8 Å². The Bertz CT molecular complexity index is 3610. The summed E-state index contributed by atoms with van der Waals surface area (Å²) in [5.74, 6) is -10.0. The molecular formula is C83H128F2N10O28S. The molecule has 1 aliphatic rings. The van der Waals surface area contributed by atoms with Crippen LogP contribution in [0, 0.1) is 17.0 Å². The van der Waals surface area contributed by atoms with E-state index in [2.05, 4.69) is 31.9 Å². The Morgan fingerprint density at radius 3 is 1.40 bits per heavy atom. The average Bonchev–Trinajstić information content (AvgIpc) is 1.64. The zero-order valence-corrected chi connectivity index (χ0v) is 72.9. The number of nitrogens with zero attached hydrogens (tertiary/aromatic N) is 3. The van der Waals surface area contributed by atoms with Crippen molar-refractivity contribution < 1.29 is 142 Å². The molecule has 0 saturated carbocycles. The van der Waals surface area contributed by atoms with E-state index in [1.165, 1.54) is 13.8 Å². The summed E-state index contributed by atoms with van der Waals surface area (Å²) in [6.45, 7) is 18.6. The highest BCUT2D eigenvalue weighted by Crippen LogP contribution is 2.41. The Morgan fingerprint density at radius 2 is 0.944 bits per heavy atom. The first-order valence-corrected chi connectivity index (χ1v) is 42.4. The lowest BCUT2D eigenvalue weighted by molar-refractivity contribution is -0.141. The van der Waals surface area contributed by atoms with E-state index >= 15 is 4.39 Å². The Labute approximate surface area is 727 Å². The summed E-state index contributed by atoms with van der Waals surface area (Å²) < 4.78 is 119. The number of primary amides is 1. The number of ether oxygens (including phenoxy) is 16. The molecule has 3 aromatic rings. The van der Waals surface area contributed by atoms with Crippen molar-refractivity contribution >= 4 is 76.8 Å². The van der Waals surface area contributed by atoms with Crippen LogP contribution in [0.3, 0.4) is 0 Å². The van der Waals surface area contributed by atoms with Gasteiger partial charge in [-0.15, -0.1) is 11.8 Å². The van der Waals surface area contributed by atoms with Gasteiger partial charge in [0.1, 0.15) is 42.3 Å². The quantitative estimate of drug-likeness (QED) is 0.0291. The molecule has 0 radical (unpaired) electrons. The van der Waals surface area contributed by atoms with Crippen molar-refractivity contribution in [2.75, 3.05) is 250 Å². The summed E-state index contributed by atoms with van der Waals surface area (Å²) in [7, 11) is 1.63. The fourth-order valence-electron chi connectivity index (χ4n) is 11.5. The molecule has 10 amide bonds. The number of hydrogen-bond acceptors (Lipinski definition) is 28. The molecule has 2 heterocycles. The van der Waals surface area contributed by atoms with Gasteiger partial charge in [0.05, 0.1) is 223 Å². The van der Waals surface area contributed by atoms with Crippen molar-refractivity contribution in [2.24, 2.45) is 11.1 Å². The molecule has 4 rings (SSSR count). The van der Waals surface area contributed by atoms with Gasteiger partial charge >= 0.3 is 5.97 Å². The van der Waals surface area contributed by atoms with Crippen LogP contribution in [0.1, 0.15) is 77.6 Å². The van der Waals surface area contributed by atoms with Gasteiger partial charge in [-0.05, 0) is 55.5 Å². The van der Waals surface area contributed by atoms with E-state index < -0.39 is 119 Å². The summed E-state index contributed by atoms with van der Waals surface area (Å²) in [6.07, 6.45) is 2.93. The van der Waals surface area contributed by atoms with E-state index in [4.69, 9.17) is 81.5 Å². The number of benzene rings is 2. The number of thioether (sulfide) groups is 1. The molecule has 5 atom stereocenters. The minimum Gasteiger partial charge on any atom is -0.480 e. The zero-order valence-electron chi connectivity index (χ0n) is 72.1. The van der Waals surface area contributed by atoms with Crippen LogP contribution in [0.4, 0.5) is 8.78 Å². The monoisotopic (exact) mass is 1780 g/mol. The molecule has 698 valence electrons. The third kappa shape index (κ3) is 48.8. The standard InChI is InChI=1S/C83H128F2N10O28S/c1-61(89-72(97)17-22-109-27-30-113-36-38-117-41-42-119-45-46-121-49-50-123-52-51-122-48-47-120-44-43-118-40-39-116-34-33-112-26-25-108-6)79(103)90-62(2)80(104)92-68(55-71(86)96)81(105)88-19-10-21-94(78(83(3,4)5)70-53-64(66-54-65(84)13-14-67(66)85)57-93(70)56-63-11-8-7-9-12-63)77(102)60-124-59-69(82(106)107)91-73(98)18-23-110-28-31-114-35-37-115-32-29-111-24-20-87-74(99)58-95-75(100)15-16-76(95)101/h7-9,11-16,53-54,57,61-62,68-69,78H,10,17-52,55-56,58-60H2,1-6H3,(H2,86,96)(H,87,99)(H,88,105)(H,89,97)(H,90,103)(H,91,98)(H,92,104)(H,106,107)/t61-,62-,68+,69+,78+/m1/s1. The summed E-state index contributed by atoms with van der Waals surface area (Å²) in [4.78, 5) is 144. The maximum atomic E-state index is 15.6. The number of carbonyl (C=O) groups is 11. The van der Waals surface area contributed by atoms with E-state index in [9.17, 15) is 62.2 Å². The van der Waals surface area contributed by atoms with Gasteiger partial charge in [0.25, 0.3) is 11.8 Å². The molecule has 1 aliphatic heterocycles. The second-order valence-corrected chi connectivity index (χ2v) is 29.8. The molecule has 0 saturated heterocycles. The molecular weight excluding hydrogens is 1660 g/mol. The van der Waals surface area contributed by atoms with Gasteiger partial charge in [-0.25, -0.2) is 13.6 Å². The number of aromatic nitrogens is 1. The highest BCUT2D eigenvalue weighted by Gasteiger charge is 2.38. The third-order valence-corrected chi connectivity index (χ3v) is 18.7. The summed E-state index contributed by atoms with van der Waals surface area (Å²) >= 11 is 0.935. The van der Waals surface area contributed by atoms with Crippen LogP contribution in [0.25, 0.3) is 11.1 Å². The van der Waals surface area contributed by atoms with Crippen LogP contribution in [-0.2, 0) is 135 Å². The molecule has 0 fully saturated rings. The topological polar surface area (TPSA) is 465 Å². The molecule has 0 aliphatic carbocycles. The number of methoxy groups -OCH3 is 1. The van der Waals surface area contributed by atoms with Crippen molar-refractivity contribution in [2.45, 2.75) is 97.1 Å². The lowest BCUT2D eigenvalue weighted by atomic mass is 9.83. The molecule has 0 unspecified atom stereocenters. The van der Waals surface area contributed by atoms with E-state index in [0.717, 1.165) is 52.6 Å². The minimum absolute atomic E-state index is 0.0144. The molecule has 1 aromatic heterocycles. The van der Waals surface area contributed by atoms with Crippen molar-refractivity contribution in [3.63, 3.8) is 0 Å². The first-order valence-electron chi connectivity index (χ1n) is 41.3. The highest BCUT2D eigenvalue weighted by atomic mass is 32.2. The number of hydrogen-bond donors (Lipinski definition) is 8. The van der Waals surface area contributed by atoms with Crippen LogP contribution in [-0.4, -0.2) is 358 Å². The van der Waals surface area contributed by atoms with Gasteiger partial charge in [-0.2, -0.15) is 0 Å². The van der Waals surface area contributed by atoms with Gasteiger partial charge in [0.2, 0.25) is 47.3 Å². The third-order valence-electron chi connectivity index (χ3n) is 17.7. The number of carboxylic acid groups (broad SMARTS) is 1. The summed E-state index contributed by atoms with van der Waals surface area (Å²) in [6, 6.07) is 7.77. The van der Waals surface area contributed by atoms with Crippen LogP contribution in [0.15, 0.2) is 72.9 Å². The number of nitrogens with two attached hydrogens (primary N) is 1. The Morgan fingerprint density at radius 1 is 0.508 bits per heavy atom. The Kier molecular flexibility index (Phi) is 57.3. The predicted octanol–water partition coefficient (Wildman–Crippen LogP) is 1.29. The van der Waals surface area contributed by atoms with E-state index in [1.807, 2.05) is 55.7 Å². The van der Waals surface area contributed by atoms with Gasteiger partial charge in [0.15, 0.2) is 0 Å². The number of carbonyl (C=O) groups excluding carboxylic acids is 10. The Balaban J connectivity index is 1.16. The number of rotatable bonds is 76. The van der Waals surface area contributed by atoms with Crippen LogP contribution < -0.4 is 37.6 Å². The van der Waals surface area contributed by atoms with Crippen LogP contribution in [0.2, 0.25) is 0 Å². The van der Waals surface area contributed by atoms with Crippen molar-refractivity contribution in [1.82, 2.24) is 46.3 Å². The number of imide groups is 1. The Hall–Kier alpha value is -8.60. The molecule has 0 spiro atoms. The fourth-order valence-corrected chi connectivity index (χ4v) is 12.4. The van der Waals surface area contributed by atoms with Crippen molar-refractivity contribution in [3.05, 3.63) is 95.8 Å². The minimum atomic E-state index is -1.54. The molecule has 9 N–H and O–H groups in total. The normalized spacial score (nSPS) is 13.3. The number of aliphatic carboxylic acids is 1. The lowest BCUT2D eigenvalue weighted by Crippen LogP contribution is -2.56. The highest BCUT2D eigenvalue weighted by molar-refractivity contribution is 8.00. The van der Waals surface area contributed by atoms with Gasteiger partial charge in [-0.1, -0.05) is 51.1 Å². The maximum absolute atomic E-state index is 15.6. The van der Waals surface area contributed by atoms with Gasteiger partial charge < -0.3 is 128 Å². The predicted molar refractivity (Wildman–Crippen MR) is 447 cm³/mol. The maximum Gasteiger partial charge on any atom is 0.327 e. The lowest BCUT2D eigenvalue weighted by Gasteiger charge is -2.41. The summed E-state index contributed by atoms with van der Waals surface area (Å²) in [5, 5.41) is 25.5. The average molecular weight is 1780 g/mol. The van der Waals surface area contributed by atoms with E-state index in [0.29, 0.717) is 143 Å². The number of halogens is 2. The van der Waals surface area contributed by atoms with Crippen LogP contribution >= 0.6 is 11.8 Å². The first-order chi connectivity index (χ1) is 59.8. The first kappa shape index (κ1) is 108. The molecule has 41 heteroatoms. The molecule has 124 heavy (non-hydrogen) atoms. The van der Waals surface area contributed by atoms with E-state index in [-0.39, 0.29) is 142 Å². The SMILES string of the molecule is COCCOCCOCCOCCOCCOCCOCCOCCOCCOCCOCCOCCC(=O)N[C@H](C)C(=O)N[C@H](C)C(=O)N[C@@H](CC(N)=O)C(=O)NCCCN(C(=O)CSC[C@H](NC(=O)CCOCCOCCOCCOCCNC(=O)CN1C(=O)C=CC1=O)C(=O)O)[C@@H](c1cc(-c2cc(F)ccc2F)cn1Cc1ccccc1)C(C)(C)C. The van der Waals surface area contributed by atoms with Gasteiger partial charge in [0, 0.05) is 87.1 Å². The zero-order chi connectivity index (χ0) is 90.4. The van der Waals surface area contributed by atoms with Crippen molar-refractivity contribution in [1.29, 1.82) is 0 Å².